The van der Waals surface area contributed by atoms with Crippen LogP contribution in [0.3, 0.4) is 0 Å². The fraction of sp³-hybridized carbons (Fsp3) is 0.250. The van der Waals surface area contributed by atoms with Crippen molar-refractivity contribution in [3.05, 3.63) is 35.1 Å². The Morgan fingerprint density at radius 3 is 2.80 bits per heavy atom. The molecule has 0 saturated carbocycles. The Balaban J connectivity index is 0.000001000. The molecule has 0 fully saturated rings. The minimum atomic E-state index is 0. The van der Waals surface area contributed by atoms with E-state index in [4.69, 9.17) is 1.37 Å². The molecule has 0 atom stereocenters. The summed E-state index contributed by atoms with van der Waals surface area (Å²) in [6.07, 6.45) is 0. The largest absolute Gasteiger partial charge is 0.687 e. The summed E-state index contributed by atoms with van der Waals surface area (Å²) in [5, 5.41) is 3.99. The second-order valence-corrected chi connectivity index (χ2v) is 1.95. The van der Waals surface area contributed by atoms with E-state index >= 15 is 0 Å². The fourth-order valence-electron chi connectivity index (χ4n) is 0.709. The smallest absolute Gasteiger partial charge is 0.0625 e. The van der Waals surface area contributed by atoms with Crippen molar-refractivity contribution in [1.82, 2.24) is 0 Å². The molecule has 1 nitrogen and oxygen atoms in total. The van der Waals surface area contributed by atoms with Crippen molar-refractivity contribution in [3.8, 4) is 0 Å². The van der Waals surface area contributed by atoms with Gasteiger partial charge in [0, 0.05) is 21.1 Å². The molecule has 1 aromatic rings. The van der Waals surface area contributed by atoms with Gasteiger partial charge in [0.1, 0.15) is 0 Å². The summed E-state index contributed by atoms with van der Waals surface area (Å²) in [5.41, 5.74) is 1.91. The van der Waals surface area contributed by atoms with Gasteiger partial charge in [-0.05, 0) is 6.92 Å². The Kier molecular flexibility index (Phi) is 3.52. The van der Waals surface area contributed by atoms with E-state index in [2.05, 4.69) is 5.32 Å². The van der Waals surface area contributed by atoms with Crippen molar-refractivity contribution in [2.45, 2.75) is 6.92 Å². The summed E-state index contributed by atoms with van der Waals surface area (Å²) in [6, 6.07) is 6.09. The zero-order chi connectivity index (χ0) is 7.56. The van der Waals surface area contributed by atoms with Gasteiger partial charge in [-0.15, -0.1) is 12.7 Å². The molecule has 0 aliphatic carbocycles. The van der Waals surface area contributed by atoms with Crippen LogP contribution in [0.5, 0.6) is 0 Å². The van der Waals surface area contributed by atoms with Gasteiger partial charge < -0.3 is 5.32 Å². The summed E-state index contributed by atoms with van der Waals surface area (Å²) in [7, 11) is 1.75. The van der Waals surface area contributed by atoms with Crippen molar-refractivity contribution in [3.63, 3.8) is 0 Å². The van der Waals surface area contributed by atoms with Crippen LogP contribution in [-0.4, -0.2) is 7.05 Å². The van der Waals surface area contributed by atoms with Crippen molar-refractivity contribution < 1.29 is 22.4 Å². The second-order valence-electron chi connectivity index (χ2n) is 1.95. The molecule has 0 saturated heterocycles. The normalized spacial score (nSPS) is 9.60. The number of nitrogens with zero attached hydrogens (tertiary/aromatic N) is 1. The van der Waals surface area contributed by atoms with E-state index in [-0.39, 0.29) is 21.1 Å². The van der Waals surface area contributed by atoms with E-state index in [0.29, 0.717) is 6.04 Å². The first-order chi connectivity index (χ1) is 4.74. The number of hydrogen-bond acceptors (Lipinski definition) is 0. The zero-order valence-electron chi connectivity index (χ0n) is 7.09. The van der Waals surface area contributed by atoms with Crippen LogP contribution in [0.4, 0.5) is 5.69 Å². The Morgan fingerprint density at radius 1 is 1.60 bits per heavy atom. The monoisotopic (exact) mass is 305 g/mol. The zero-order valence-corrected chi connectivity index (χ0v) is 9.02. The van der Waals surface area contributed by atoms with Crippen molar-refractivity contribution in [2.24, 2.45) is 0 Å². The van der Waals surface area contributed by atoms with E-state index in [1.54, 1.807) is 13.1 Å². The van der Waals surface area contributed by atoms with E-state index in [0.717, 1.165) is 11.3 Å². The van der Waals surface area contributed by atoms with Gasteiger partial charge in [-0.3, -0.25) is 0 Å². The quantitative estimate of drug-likeness (QED) is 0.757. The number of aryl methyl sites for hydroxylation is 1. The van der Waals surface area contributed by atoms with E-state index < -0.39 is 0 Å². The van der Waals surface area contributed by atoms with Crippen molar-refractivity contribution in [1.29, 1.82) is 0 Å². The minimum Gasteiger partial charge on any atom is -0.687 e. The Labute approximate surface area is 77.5 Å². The molecule has 2 heteroatoms. The molecule has 0 heterocycles. The van der Waals surface area contributed by atoms with Crippen LogP contribution >= 0.6 is 0 Å². The molecular weight excluding hydrogens is 294 g/mol. The van der Waals surface area contributed by atoms with Crippen LogP contribution in [0.25, 0.3) is 5.32 Å². The van der Waals surface area contributed by atoms with Gasteiger partial charge >= 0.3 is 0 Å². The standard InChI is InChI=1S/C8H10N.W/c1-7-4-3-5-8(6-7)9-2;/h3-6H,1-2H3;/q-1;/i4D;. The topological polar surface area (TPSA) is 14.1 Å². The molecule has 0 aromatic heterocycles. The molecule has 1 rings (SSSR count). The molecule has 54 valence electrons. The average molecular weight is 305 g/mol. The second kappa shape index (κ2) is 4.51. The Hall–Kier alpha value is -0.292. The molecule has 0 bridgehead atoms. The van der Waals surface area contributed by atoms with E-state index in [1.807, 2.05) is 19.1 Å². The van der Waals surface area contributed by atoms with Crippen molar-refractivity contribution >= 4 is 5.69 Å². The first-order valence-electron chi connectivity index (χ1n) is 3.41. The van der Waals surface area contributed by atoms with Crippen LogP contribution in [0, 0.1) is 6.92 Å². The van der Waals surface area contributed by atoms with Gasteiger partial charge in [0.15, 0.2) is 0 Å². The van der Waals surface area contributed by atoms with Crippen LogP contribution in [0.1, 0.15) is 6.93 Å². The minimum absolute atomic E-state index is 0. The maximum atomic E-state index is 7.35. The summed E-state index contributed by atoms with van der Waals surface area (Å²) in [6.45, 7) is 1.91. The van der Waals surface area contributed by atoms with Gasteiger partial charge in [0.25, 0.3) is 0 Å². The molecule has 0 radical (unpaired) electrons. The first kappa shape index (κ1) is 7.81. The summed E-state index contributed by atoms with van der Waals surface area (Å²) >= 11 is 0. The Morgan fingerprint density at radius 2 is 2.30 bits per heavy atom. The summed E-state index contributed by atoms with van der Waals surface area (Å²) in [4.78, 5) is 0. The SMILES string of the molecule is [2H]c1ccc([N-]C)cc1C.[W]. The maximum absolute atomic E-state index is 7.35. The third-order valence-corrected chi connectivity index (χ3v) is 1.19. The predicted octanol–water partition coefficient (Wildman–Crippen LogP) is 2.63. The number of rotatable bonds is 1. The Bertz CT molecular complexity index is 238. The van der Waals surface area contributed by atoms with Crippen molar-refractivity contribution in [2.75, 3.05) is 7.05 Å². The van der Waals surface area contributed by atoms with Crippen LogP contribution in [-0.2, 0) is 21.1 Å². The average Bonchev–Trinajstić information content (AvgIpc) is 1.95. The molecule has 1 aromatic carbocycles. The van der Waals surface area contributed by atoms with Gasteiger partial charge in [0.2, 0.25) is 0 Å². The van der Waals surface area contributed by atoms with E-state index in [1.165, 1.54) is 0 Å². The number of hydrogen-bond donors (Lipinski definition) is 0. The first-order valence-corrected chi connectivity index (χ1v) is 2.91. The summed E-state index contributed by atoms with van der Waals surface area (Å²) in [5.74, 6) is 0. The van der Waals surface area contributed by atoms with Crippen LogP contribution in [0.15, 0.2) is 24.2 Å². The molecule has 0 aliphatic rings. The van der Waals surface area contributed by atoms with Gasteiger partial charge in [-0.2, -0.15) is 0 Å². The van der Waals surface area contributed by atoms with Gasteiger partial charge in [-0.1, -0.05) is 29.8 Å². The molecular formula is C8H10NW-. The third-order valence-electron chi connectivity index (χ3n) is 1.19. The summed E-state index contributed by atoms with van der Waals surface area (Å²) < 4.78 is 7.35. The molecule has 0 unspecified atom stereocenters. The maximum Gasteiger partial charge on any atom is 0.0625 e. The molecule has 0 aliphatic heterocycles. The van der Waals surface area contributed by atoms with E-state index in [9.17, 15) is 0 Å². The predicted molar refractivity (Wildman–Crippen MR) is 40.1 cm³/mol. The fourth-order valence-corrected chi connectivity index (χ4v) is 0.709. The number of benzene rings is 1. The third kappa shape index (κ3) is 2.53. The van der Waals surface area contributed by atoms with Gasteiger partial charge in [0.05, 0.1) is 1.37 Å². The van der Waals surface area contributed by atoms with Gasteiger partial charge in [-0.25, -0.2) is 0 Å². The van der Waals surface area contributed by atoms with Crippen LogP contribution < -0.4 is 0 Å². The molecule has 0 spiro atoms. The van der Waals surface area contributed by atoms with Crippen LogP contribution in [0.2, 0.25) is 0 Å². The molecule has 0 N–H and O–H groups in total. The molecule has 10 heavy (non-hydrogen) atoms. The molecule has 0 amide bonds.